The van der Waals surface area contributed by atoms with Crippen LogP contribution in [0.5, 0.6) is 0 Å². The van der Waals surface area contributed by atoms with E-state index in [1.807, 2.05) is 24.3 Å². The molecule has 0 atom stereocenters. The molecule has 0 bridgehead atoms. The van der Waals surface area contributed by atoms with Gasteiger partial charge in [0.25, 0.3) is 0 Å². The van der Waals surface area contributed by atoms with Crippen molar-refractivity contribution in [2.24, 2.45) is 0 Å². The van der Waals surface area contributed by atoms with Crippen LogP contribution in [0.2, 0.25) is 0 Å². The molecular formula is C11H9NO2S2. The van der Waals surface area contributed by atoms with Gasteiger partial charge in [-0.05, 0) is 6.07 Å². The number of rotatable bonds is 1. The number of benzene rings is 1. The number of hydrogen-bond acceptors (Lipinski definition) is 3. The van der Waals surface area contributed by atoms with Gasteiger partial charge in [-0.25, -0.2) is 4.79 Å². The van der Waals surface area contributed by atoms with E-state index in [9.17, 15) is 4.79 Å². The highest BCUT2D eigenvalue weighted by Crippen LogP contribution is 2.22. The first-order valence-electron chi connectivity index (χ1n) is 4.57. The summed E-state index contributed by atoms with van der Waals surface area (Å²) in [6.45, 7) is 0. The summed E-state index contributed by atoms with van der Waals surface area (Å²) in [5.41, 5.74) is 1.34. The molecule has 0 aliphatic rings. The van der Waals surface area contributed by atoms with E-state index in [4.69, 9.17) is 17.0 Å². The Kier molecular flexibility index (Phi) is 2.98. The van der Waals surface area contributed by atoms with Crippen LogP contribution in [0.3, 0.4) is 0 Å². The number of thiol groups is 1. The van der Waals surface area contributed by atoms with Crippen LogP contribution in [-0.4, -0.2) is 22.0 Å². The van der Waals surface area contributed by atoms with Crippen LogP contribution in [-0.2, 0) is 4.74 Å². The first-order chi connectivity index (χ1) is 7.65. The molecule has 0 fully saturated rings. The molecule has 1 aromatic carbocycles. The minimum atomic E-state index is -0.375. The number of methoxy groups -OCH3 is 1. The monoisotopic (exact) mass is 251 g/mol. The lowest BCUT2D eigenvalue weighted by atomic mass is 10.2. The van der Waals surface area contributed by atoms with Crippen LogP contribution in [0.15, 0.2) is 30.5 Å². The second kappa shape index (κ2) is 4.27. The third kappa shape index (κ3) is 1.72. The van der Waals surface area contributed by atoms with Crippen molar-refractivity contribution in [1.82, 2.24) is 4.57 Å². The average molecular weight is 251 g/mol. The Labute approximate surface area is 103 Å². The average Bonchev–Trinajstić information content (AvgIpc) is 2.67. The smallest absolute Gasteiger partial charge is 0.340 e. The van der Waals surface area contributed by atoms with Crippen LogP contribution in [0.4, 0.5) is 0 Å². The molecule has 2 rings (SSSR count). The zero-order chi connectivity index (χ0) is 11.7. The van der Waals surface area contributed by atoms with E-state index in [1.165, 1.54) is 7.11 Å². The van der Waals surface area contributed by atoms with Crippen molar-refractivity contribution in [2.75, 3.05) is 7.11 Å². The molecule has 0 aliphatic heterocycles. The summed E-state index contributed by atoms with van der Waals surface area (Å²) < 4.78 is 6.79. The molecule has 1 heterocycles. The predicted octanol–water partition coefficient (Wildman–Crippen LogP) is 2.49. The molecular weight excluding hydrogens is 242 g/mol. The zero-order valence-corrected chi connectivity index (χ0v) is 10.2. The van der Waals surface area contributed by atoms with Gasteiger partial charge in [0.2, 0.25) is 0 Å². The van der Waals surface area contributed by atoms with E-state index in [-0.39, 0.29) is 5.97 Å². The van der Waals surface area contributed by atoms with Gasteiger partial charge in [0.1, 0.15) is 4.32 Å². The van der Waals surface area contributed by atoms with Crippen LogP contribution >= 0.6 is 24.8 Å². The Morgan fingerprint density at radius 1 is 1.44 bits per heavy atom. The second-order valence-electron chi connectivity index (χ2n) is 3.20. The Morgan fingerprint density at radius 3 is 2.75 bits per heavy atom. The first kappa shape index (κ1) is 11.2. The fourth-order valence-corrected chi connectivity index (χ4v) is 1.93. The minimum Gasteiger partial charge on any atom is -0.465 e. The lowest BCUT2D eigenvalue weighted by Crippen LogP contribution is -2.01. The second-order valence-corrected chi connectivity index (χ2v) is 4.32. The maximum absolute atomic E-state index is 11.6. The lowest BCUT2D eigenvalue weighted by molar-refractivity contribution is 0.0603. The van der Waals surface area contributed by atoms with Crippen LogP contribution in [0, 0.1) is 0 Å². The van der Waals surface area contributed by atoms with E-state index >= 15 is 0 Å². The molecule has 0 unspecified atom stereocenters. The van der Waals surface area contributed by atoms with E-state index < -0.39 is 0 Å². The molecule has 1 aromatic heterocycles. The molecule has 2 aromatic rings. The molecule has 0 saturated carbocycles. The number of thiocarbonyl (C=S) groups is 1. The molecule has 16 heavy (non-hydrogen) atoms. The number of nitrogens with zero attached hydrogens (tertiary/aromatic N) is 1. The number of hydrogen-bond donors (Lipinski definition) is 1. The number of carbonyl (C=O) groups is 1. The van der Waals surface area contributed by atoms with E-state index in [1.54, 1.807) is 10.8 Å². The molecule has 82 valence electrons. The van der Waals surface area contributed by atoms with Gasteiger partial charge in [-0.3, -0.25) is 0 Å². The standard InChI is InChI=1S/C11H9NO2S2/c1-14-10(13)8-6-12(11(15)16)9-5-3-2-4-7(8)9/h2-6H,1H3,(H,15,16). The lowest BCUT2D eigenvalue weighted by Gasteiger charge is -1.98. The summed E-state index contributed by atoms with van der Waals surface area (Å²) >= 11 is 9.12. The Morgan fingerprint density at radius 2 is 2.12 bits per heavy atom. The molecule has 0 aliphatic carbocycles. The van der Waals surface area contributed by atoms with E-state index in [0.717, 1.165) is 10.9 Å². The van der Waals surface area contributed by atoms with Crippen molar-refractivity contribution >= 4 is 46.0 Å². The van der Waals surface area contributed by atoms with Gasteiger partial charge in [-0.15, -0.1) is 12.6 Å². The van der Waals surface area contributed by atoms with Crippen molar-refractivity contribution in [2.45, 2.75) is 0 Å². The Hall–Kier alpha value is -1.33. The molecule has 5 heteroatoms. The van der Waals surface area contributed by atoms with Crippen LogP contribution < -0.4 is 0 Å². The van der Waals surface area contributed by atoms with Gasteiger partial charge in [0.05, 0.1) is 18.2 Å². The van der Waals surface area contributed by atoms with Crippen LogP contribution in [0.1, 0.15) is 10.4 Å². The van der Waals surface area contributed by atoms with Crippen molar-refractivity contribution in [3.8, 4) is 0 Å². The number of para-hydroxylation sites is 1. The van der Waals surface area contributed by atoms with Gasteiger partial charge in [0, 0.05) is 11.6 Å². The summed E-state index contributed by atoms with van der Waals surface area (Å²) in [5.74, 6) is -0.375. The van der Waals surface area contributed by atoms with Gasteiger partial charge < -0.3 is 9.30 Å². The zero-order valence-electron chi connectivity index (χ0n) is 8.51. The summed E-state index contributed by atoms with van der Waals surface area (Å²) in [6, 6.07) is 7.47. The fourth-order valence-electron chi connectivity index (χ4n) is 1.61. The molecule has 0 radical (unpaired) electrons. The number of ether oxygens (including phenoxy) is 1. The highest BCUT2D eigenvalue weighted by molar-refractivity contribution is 8.11. The maximum atomic E-state index is 11.6. The topological polar surface area (TPSA) is 31.2 Å². The summed E-state index contributed by atoms with van der Waals surface area (Å²) in [4.78, 5) is 11.6. The molecule has 0 spiro atoms. The number of carbonyl (C=O) groups excluding carboxylic acids is 1. The quantitative estimate of drug-likeness (QED) is 0.480. The largest absolute Gasteiger partial charge is 0.465 e. The SMILES string of the molecule is COC(=O)c1cn(C(=S)S)c2ccccc12. The Bertz CT molecular complexity index is 574. The van der Waals surface area contributed by atoms with Crippen molar-refractivity contribution in [3.63, 3.8) is 0 Å². The molecule has 0 amide bonds. The summed E-state index contributed by atoms with van der Waals surface area (Å²) in [6.07, 6.45) is 1.64. The molecule has 3 nitrogen and oxygen atoms in total. The van der Waals surface area contributed by atoms with Crippen molar-refractivity contribution in [1.29, 1.82) is 0 Å². The highest BCUT2D eigenvalue weighted by Gasteiger charge is 2.15. The van der Waals surface area contributed by atoms with Crippen LogP contribution in [0.25, 0.3) is 10.9 Å². The minimum absolute atomic E-state index is 0.375. The number of aromatic nitrogens is 1. The van der Waals surface area contributed by atoms with Gasteiger partial charge >= 0.3 is 5.97 Å². The van der Waals surface area contributed by atoms with E-state index in [2.05, 4.69) is 12.6 Å². The van der Waals surface area contributed by atoms with Crippen molar-refractivity contribution in [3.05, 3.63) is 36.0 Å². The predicted molar refractivity (Wildman–Crippen MR) is 70.3 cm³/mol. The summed E-state index contributed by atoms with van der Waals surface area (Å²) in [5, 5.41) is 0.811. The summed E-state index contributed by atoms with van der Waals surface area (Å²) in [7, 11) is 1.35. The fraction of sp³-hybridized carbons (Fsp3) is 0.0909. The number of fused-ring (bicyclic) bond motifs is 1. The van der Waals surface area contributed by atoms with E-state index in [0.29, 0.717) is 9.88 Å². The maximum Gasteiger partial charge on any atom is 0.340 e. The van der Waals surface area contributed by atoms with Gasteiger partial charge in [0.15, 0.2) is 0 Å². The van der Waals surface area contributed by atoms with Gasteiger partial charge in [-0.1, -0.05) is 30.4 Å². The Balaban J connectivity index is 2.76. The normalized spacial score (nSPS) is 10.4. The number of esters is 1. The van der Waals surface area contributed by atoms with Crippen molar-refractivity contribution < 1.29 is 9.53 Å². The molecule has 0 saturated heterocycles. The van der Waals surface area contributed by atoms with Gasteiger partial charge in [-0.2, -0.15) is 0 Å². The third-order valence-electron chi connectivity index (χ3n) is 2.32. The highest BCUT2D eigenvalue weighted by atomic mass is 32.1. The first-order valence-corrected chi connectivity index (χ1v) is 5.42. The molecule has 0 N–H and O–H groups in total. The third-order valence-corrected chi connectivity index (χ3v) is 2.74.